The van der Waals surface area contributed by atoms with E-state index in [1.807, 2.05) is 0 Å². The average Bonchev–Trinajstić information content (AvgIpc) is 3.08. The molecule has 9 nitrogen and oxygen atoms in total. The smallest absolute Gasteiger partial charge is 0.339 e. The summed E-state index contributed by atoms with van der Waals surface area (Å²) in [5.74, 6) is -0.836. The summed E-state index contributed by atoms with van der Waals surface area (Å²) >= 11 is 1.14. The minimum atomic E-state index is -0.544. The number of aromatic amines is 1. The van der Waals surface area contributed by atoms with E-state index in [0.29, 0.717) is 21.9 Å². The predicted molar refractivity (Wildman–Crippen MR) is 99.9 cm³/mol. The second kappa shape index (κ2) is 7.87. The number of para-hydroxylation sites is 1. The number of hydrogen-bond acceptors (Lipinski definition) is 7. The first kappa shape index (κ1) is 18.4. The van der Waals surface area contributed by atoms with Gasteiger partial charge in [0.1, 0.15) is 0 Å². The molecular formula is C17H14N4O5S. The van der Waals surface area contributed by atoms with Crippen LogP contribution in [0.25, 0.3) is 11.0 Å². The molecule has 0 saturated heterocycles. The zero-order chi connectivity index (χ0) is 19.4. The molecule has 0 spiro atoms. The maximum Gasteiger partial charge on any atom is 0.339 e. The molecule has 2 N–H and O–H groups in total. The summed E-state index contributed by atoms with van der Waals surface area (Å²) < 4.78 is 4.69. The van der Waals surface area contributed by atoms with E-state index in [-0.39, 0.29) is 22.9 Å². The fraction of sp³-hybridized carbons (Fsp3) is 0.118. The number of benzene rings is 2. The molecule has 1 amide bonds. The number of ether oxygens (including phenoxy) is 1. The summed E-state index contributed by atoms with van der Waals surface area (Å²) in [7, 11) is 1.27. The number of nitrogens with zero attached hydrogens (tertiary/aromatic N) is 2. The first-order chi connectivity index (χ1) is 13.0. The number of nitrogens with one attached hydrogen (secondary N) is 2. The van der Waals surface area contributed by atoms with Crippen LogP contribution in [0.2, 0.25) is 0 Å². The summed E-state index contributed by atoms with van der Waals surface area (Å²) in [6.45, 7) is 0. The fourth-order valence-electron chi connectivity index (χ4n) is 2.36. The molecule has 10 heteroatoms. The third kappa shape index (κ3) is 4.23. The van der Waals surface area contributed by atoms with Crippen LogP contribution in [0, 0.1) is 10.1 Å². The fourth-order valence-corrected chi connectivity index (χ4v) is 3.04. The Morgan fingerprint density at radius 3 is 2.81 bits per heavy atom. The molecule has 0 radical (unpaired) electrons. The third-order valence-electron chi connectivity index (χ3n) is 3.60. The summed E-state index contributed by atoms with van der Waals surface area (Å²) in [5, 5.41) is 13.9. The Morgan fingerprint density at radius 1 is 1.30 bits per heavy atom. The number of amides is 1. The highest BCUT2D eigenvalue weighted by atomic mass is 32.2. The minimum Gasteiger partial charge on any atom is -0.465 e. The maximum atomic E-state index is 12.2. The lowest BCUT2D eigenvalue weighted by molar-refractivity contribution is -0.384. The number of carbonyl (C=O) groups excluding carboxylic acids is 2. The number of esters is 1. The number of nitro benzene ring substituents is 1. The number of thioether (sulfide) groups is 1. The highest BCUT2D eigenvalue weighted by molar-refractivity contribution is 7.99. The van der Waals surface area contributed by atoms with Crippen LogP contribution < -0.4 is 5.32 Å². The van der Waals surface area contributed by atoms with E-state index in [0.717, 1.165) is 11.8 Å². The number of anilines is 1. The van der Waals surface area contributed by atoms with Gasteiger partial charge in [0, 0.05) is 12.1 Å². The van der Waals surface area contributed by atoms with Gasteiger partial charge in [0.05, 0.1) is 40.1 Å². The Hall–Kier alpha value is -3.40. The number of non-ortho nitro benzene ring substituents is 1. The minimum absolute atomic E-state index is 0.0391. The molecule has 0 aliphatic carbocycles. The Kier molecular flexibility index (Phi) is 5.36. The summed E-state index contributed by atoms with van der Waals surface area (Å²) in [4.78, 5) is 41.5. The van der Waals surface area contributed by atoms with Crippen LogP contribution in [0.3, 0.4) is 0 Å². The number of nitro groups is 1. The summed E-state index contributed by atoms with van der Waals surface area (Å²) in [6.07, 6.45) is 0. The second-order valence-electron chi connectivity index (χ2n) is 5.37. The largest absolute Gasteiger partial charge is 0.465 e. The van der Waals surface area contributed by atoms with E-state index in [9.17, 15) is 19.7 Å². The molecule has 1 aromatic heterocycles. The average molecular weight is 386 g/mol. The first-order valence-electron chi connectivity index (χ1n) is 7.72. The van der Waals surface area contributed by atoms with Gasteiger partial charge in [-0.25, -0.2) is 9.78 Å². The van der Waals surface area contributed by atoms with Crippen LogP contribution in [-0.4, -0.2) is 39.6 Å². The molecule has 138 valence electrons. The molecule has 0 fully saturated rings. The van der Waals surface area contributed by atoms with Gasteiger partial charge in [0.2, 0.25) is 5.91 Å². The van der Waals surface area contributed by atoms with E-state index in [4.69, 9.17) is 0 Å². The molecule has 3 rings (SSSR count). The van der Waals surface area contributed by atoms with Crippen LogP contribution >= 0.6 is 11.8 Å². The third-order valence-corrected chi connectivity index (χ3v) is 4.47. The lowest BCUT2D eigenvalue weighted by atomic mass is 10.2. The van der Waals surface area contributed by atoms with Crippen molar-refractivity contribution in [2.45, 2.75) is 5.16 Å². The normalized spacial score (nSPS) is 10.6. The number of H-pyrrole nitrogens is 1. The van der Waals surface area contributed by atoms with E-state index < -0.39 is 10.9 Å². The van der Waals surface area contributed by atoms with Crippen molar-refractivity contribution >= 4 is 46.0 Å². The number of carbonyl (C=O) groups is 2. The van der Waals surface area contributed by atoms with Crippen LogP contribution in [0.4, 0.5) is 11.4 Å². The van der Waals surface area contributed by atoms with Crippen molar-refractivity contribution in [2.75, 3.05) is 18.2 Å². The Balaban J connectivity index is 1.67. The molecule has 0 unspecified atom stereocenters. The van der Waals surface area contributed by atoms with Crippen LogP contribution in [0.15, 0.2) is 47.6 Å². The zero-order valence-electron chi connectivity index (χ0n) is 14.1. The SMILES string of the molecule is COC(=O)c1ccccc1NC(=O)CSc1nc2ccc([N+](=O)[O-])cc2[nH]1. The molecule has 0 atom stereocenters. The van der Waals surface area contributed by atoms with Crippen molar-refractivity contribution < 1.29 is 19.2 Å². The van der Waals surface area contributed by atoms with E-state index >= 15 is 0 Å². The standard InChI is InChI=1S/C17H14N4O5S/c1-26-16(23)11-4-2-3-5-12(11)18-15(22)9-27-17-19-13-7-6-10(21(24)25)8-14(13)20-17/h2-8H,9H2,1H3,(H,18,22)(H,19,20). The van der Waals surface area contributed by atoms with Gasteiger partial charge in [-0.15, -0.1) is 0 Å². The summed E-state index contributed by atoms with van der Waals surface area (Å²) in [5.41, 5.74) is 1.66. The molecule has 0 saturated carbocycles. The van der Waals surface area contributed by atoms with E-state index in [1.165, 1.54) is 19.2 Å². The number of aromatic nitrogens is 2. The Morgan fingerprint density at radius 2 is 2.07 bits per heavy atom. The van der Waals surface area contributed by atoms with Gasteiger partial charge in [-0.05, 0) is 18.2 Å². The van der Waals surface area contributed by atoms with Gasteiger partial charge in [-0.1, -0.05) is 23.9 Å². The molecule has 0 aliphatic rings. The van der Waals surface area contributed by atoms with Crippen molar-refractivity contribution in [3.05, 3.63) is 58.1 Å². The van der Waals surface area contributed by atoms with Crippen LogP contribution in [0.1, 0.15) is 10.4 Å². The van der Waals surface area contributed by atoms with Crippen LogP contribution in [-0.2, 0) is 9.53 Å². The van der Waals surface area contributed by atoms with Gasteiger partial charge in [-0.3, -0.25) is 14.9 Å². The predicted octanol–water partition coefficient (Wildman–Crippen LogP) is 2.99. The van der Waals surface area contributed by atoms with Gasteiger partial charge in [-0.2, -0.15) is 0 Å². The van der Waals surface area contributed by atoms with Gasteiger partial charge >= 0.3 is 5.97 Å². The van der Waals surface area contributed by atoms with Crippen molar-refractivity contribution in [1.29, 1.82) is 0 Å². The van der Waals surface area contributed by atoms with Crippen molar-refractivity contribution in [2.24, 2.45) is 0 Å². The van der Waals surface area contributed by atoms with Crippen molar-refractivity contribution in [1.82, 2.24) is 9.97 Å². The monoisotopic (exact) mass is 386 g/mol. The highest BCUT2D eigenvalue weighted by Gasteiger charge is 2.14. The highest BCUT2D eigenvalue weighted by Crippen LogP contribution is 2.23. The van der Waals surface area contributed by atoms with Crippen LogP contribution in [0.5, 0.6) is 0 Å². The molecule has 1 heterocycles. The van der Waals surface area contributed by atoms with Crippen molar-refractivity contribution in [3.63, 3.8) is 0 Å². The lowest BCUT2D eigenvalue weighted by Crippen LogP contribution is -2.17. The number of imidazole rings is 1. The zero-order valence-corrected chi connectivity index (χ0v) is 14.9. The number of rotatable bonds is 6. The van der Waals surface area contributed by atoms with Gasteiger partial charge in [0.15, 0.2) is 5.16 Å². The quantitative estimate of drug-likeness (QED) is 0.288. The first-order valence-corrected chi connectivity index (χ1v) is 8.70. The molecule has 0 bridgehead atoms. The molecule has 3 aromatic rings. The summed E-state index contributed by atoms with van der Waals surface area (Å²) in [6, 6.07) is 10.8. The molecule has 27 heavy (non-hydrogen) atoms. The topological polar surface area (TPSA) is 127 Å². The van der Waals surface area contributed by atoms with Crippen molar-refractivity contribution in [3.8, 4) is 0 Å². The number of hydrogen-bond donors (Lipinski definition) is 2. The Bertz CT molecular complexity index is 1030. The second-order valence-corrected chi connectivity index (χ2v) is 6.34. The van der Waals surface area contributed by atoms with Gasteiger partial charge < -0.3 is 15.0 Å². The molecule has 2 aromatic carbocycles. The number of fused-ring (bicyclic) bond motifs is 1. The molecular weight excluding hydrogens is 372 g/mol. The molecule has 0 aliphatic heterocycles. The Labute approximate surface area is 157 Å². The van der Waals surface area contributed by atoms with Gasteiger partial charge in [0.25, 0.3) is 5.69 Å². The maximum absolute atomic E-state index is 12.2. The lowest BCUT2D eigenvalue weighted by Gasteiger charge is -2.08. The van der Waals surface area contributed by atoms with E-state index in [2.05, 4.69) is 20.0 Å². The number of methoxy groups -OCH3 is 1. The van der Waals surface area contributed by atoms with E-state index in [1.54, 1.807) is 30.3 Å².